The number of nitrogens with one attached hydrogen (secondary N) is 1. The SMILES string of the molecule is [N-]=[N+]=NCCNC(C(=O)O)c1ccc(Br)cc1F. The molecule has 1 aromatic carbocycles. The van der Waals surface area contributed by atoms with Crippen molar-refractivity contribution in [1.82, 2.24) is 5.32 Å². The number of aliphatic carboxylic acids is 1. The number of azide groups is 1. The van der Waals surface area contributed by atoms with Crippen LogP contribution in [0.4, 0.5) is 4.39 Å². The van der Waals surface area contributed by atoms with Crippen LogP contribution in [0.15, 0.2) is 27.8 Å². The predicted octanol–water partition coefficient (Wildman–Crippen LogP) is 2.61. The third-order valence-corrected chi connectivity index (χ3v) is 2.64. The summed E-state index contributed by atoms with van der Waals surface area (Å²) in [7, 11) is 0. The highest BCUT2D eigenvalue weighted by atomic mass is 79.9. The first kappa shape index (κ1) is 14.4. The molecule has 0 bridgehead atoms. The van der Waals surface area contributed by atoms with Gasteiger partial charge in [-0.2, -0.15) is 0 Å². The highest BCUT2D eigenvalue weighted by Gasteiger charge is 2.22. The Kier molecular flexibility index (Phi) is 5.57. The summed E-state index contributed by atoms with van der Waals surface area (Å²) in [6.07, 6.45) is 0. The monoisotopic (exact) mass is 316 g/mol. The van der Waals surface area contributed by atoms with Crippen molar-refractivity contribution < 1.29 is 14.3 Å². The summed E-state index contributed by atoms with van der Waals surface area (Å²) in [5.41, 5.74) is 8.12. The molecule has 2 N–H and O–H groups in total. The van der Waals surface area contributed by atoms with Gasteiger partial charge in [0.15, 0.2) is 0 Å². The molecule has 0 aromatic heterocycles. The lowest BCUT2D eigenvalue weighted by atomic mass is 10.1. The number of nitrogens with zero attached hydrogens (tertiary/aromatic N) is 3. The van der Waals surface area contributed by atoms with Crippen LogP contribution < -0.4 is 5.32 Å². The molecule has 8 heteroatoms. The minimum Gasteiger partial charge on any atom is -0.480 e. The number of rotatable bonds is 6. The van der Waals surface area contributed by atoms with Crippen LogP contribution in [0.3, 0.4) is 0 Å². The number of hydrogen-bond acceptors (Lipinski definition) is 3. The molecule has 0 fully saturated rings. The Morgan fingerprint density at radius 1 is 1.67 bits per heavy atom. The van der Waals surface area contributed by atoms with Gasteiger partial charge in [-0.05, 0) is 17.7 Å². The number of benzene rings is 1. The molecular weight excluding hydrogens is 307 g/mol. The smallest absolute Gasteiger partial charge is 0.325 e. The van der Waals surface area contributed by atoms with Crippen LogP contribution in [0, 0.1) is 5.82 Å². The number of carbonyl (C=O) groups is 1. The lowest BCUT2D eigenvalue weighted by molar-refractivity contribution is -0.139. The van der Waals surface area contributed by atoms with Gasteiger partial charge in [0.2, 0.25) is 0 Å². The van der Waals surface area contributed by atoms with Crippen LogP contribution in [0.2, 0.25) is 0 Å². The second-order valence-corrected chi connectivity index (χ2v) is 4.26. The van der Waals surface area contributed by atoms with Gasteiger partial charge in [0, 0.05) is 28.0 Å². The van der Waals surface area contributed by atoms with E-state index in [0.717, 1.165) is 0 Å². The first-order valence-corrected chi connectivity index (χ1v) is 5.77. The first-order chi connectivity index (χ1) is 8.56. The van der Waals surface area contributed by atoms with Crippen LogP contribution in [-0.4, -0.2) is 24.2 Å². The van der Waals surface area contributed by atoms with E-state index in [1.165, 1.54) is 12.1 Å². The first-order valence-electron chi connectivity index (χ1n) is 4.98. The largest absolute Gasteiger partial charge is 0.480 e. The second-order valence-electron chi connectivity index (χ2n) is 3.35. The second kappa shape index (κ2) is 6.95. The minimum absolute atomic E-state index is 0.0339. The summed E-state index contributed by atoms with van der Waals surface area (Å²) >= 11 is 3.09. The Morgan fingerprint density at radius 3 is 2.94 bits per heavy atom. The van der Waals surface area contributed by atoms with Crippen molar-refractivity contribution in [2.24, 2.45) is 5.11 Å². The molecule has 0 heterocycles. The maximum absolute atomic E-state index is 13.6. The number of carboxylic acid groups (broad SMARTS) is 1. The van der Waals surface area contributed by atoms with Crippen LogP contribution >= 0.6 is 15.9 Å². The standard InChI is InChI=1S/C10H10BrFN4O2/c11-6-1-2-7(8(12)5-6)9(10(17)18)14-3-4-15-16-13/h1-2,5,9,14H,3-4H2,(H,17,18). The van der Waals surface area contributed by atoms with Crippen LogP contribution in [0.25, 0.3) is 10.4 Å². The van der Waals surface area contributed by atoms with E-state index in [-0.39, 0.29) is 18.7 Å². The summed E-state index contributed by atoms with van der Waals surface area (Å²) in [5, 5.41) is 14.9. The highest BCUT2D eigenvalue weighted by Crippen LogP contribution is 2.21. The summed E-state index contributed by atoms with van der Waals surface area (Å²) in [5.74, 6) is -1.81. The number of hydrogen-bond donors (Lipinski definition) is 2. The van der Waals surface area contributed by atoms with Crippen LogP contribution in [0.1, 0.15) is 11.6 Å². The molecule has 1 rings (SSSR count). The lowest BCUT2D eigenvalue weighted by Crippen LogP contribution is -2.31. The fourth-order valence-electron chi connectivity index (χ4n) is 1.37. The molecule has 96 valence electrons. The molecule has 0 aliphatic rings. The van der Waals surface area contributed by atoms with Gasteiger partial charge in [-0.3, -0.25) is 4.79 Å². The molecule has 0 saturated heterocycles. The average molecular weight is 317 g/mol. The molecule has 18 heavy (non-hydrogen) atoms. The molecule has 0 saturated carbocycles. The molecule has 0 radical (unpaired) electrons. The minimum atomic E-state index is -1.20. The lowest BCUT2D eigenvalue weighted by Gasteiger charge is -2.15. The van der Waals surface area contributed by atoms with Gasteiger partial charge < -0.3 is 10.4 Å². The van der Waals surface area contributed by atoms with Crippen LogP contribution in [-0.2, 0) is 4.79 Å². The third kappa shape index (κ3) is 3.99. The van der Waals surface area contributed by atoms with E-state index in [0.29, 0.717) is 4.47 Å². The summed E-state index contributed by atoms with van der Waals surface area (Å²) in [4.78, 5) is 13.6. The molecule has 1 unspecified atom stereocenters. The number of carboxylic acids is 1. The van der Waals surface area contributed by atoms with E-state index in [1.54, 1.807) is 6.07 Å². The van der Waals surface area contributed by atoms with E-state index in [2.05, 4.69) is 31.3 Å². The molecule has 0 amide bonds. The Morgan fingerprint density at radius 2 is 2.39 bits per heavy atom. The van der Waals surface area contributed by atoms with Gasteiger partial charge in [-0.15, -0.1) is 0 Å². The van der Waals surface area contributed by atoms with Crippen molar-refractivity contribution in [3.05, 3.63) is 44.5 Å². The zero-order valence-corrected chi connectivity index (χ0v) is 10.8. The highest BCUT2D eigenvalue weighted by molar-refractivity contribution is 9.10. The summed E-state index contributed by atoms with van der Waals surface area (Å²) in [6.45, 7) is 0.245. The van der Waals surface area contributed by atoms with E-state index < -0.39 is 17.8 Å². The molecule has 6 nitrogen and oxygen atoms in total. The Bertz CT molecular complexity index is 491. The summed E-state index contributed by atoms with van der Waals surface area (Å²) < 4.78 is 14.2. The Hall–Kier alpha value is -1.63. The van der Waals surface area contributed by atoms with E-state index in [9.17, 15) is 9.18 Å². The van der Waals surface area contributed by atoms with Crippen molar-refractivity contribution in [3.63, 3.8) is 0 Å². The zero-order valence-electron chi connectivity index (χ0n) is 9.18. The fraction of sp³-hybridized carbons (Fsp3) is 0.300. The van der Waals surface area contributed by atoms with Gasteiger partial charge in [0.05, 0.1) is 0 Å². The van der Waals surface area contributed by atoms with Gasteiger partial charge in [-0.1, -0.05) is 27.1 Å². The van der Waals surface area contributed by atoms with Crippen molar-refractivity contribution in [2.45, 2.75) is 6.04 Å². The molecule has 0 aliphatic carbocycles. The third-order valence-electron chi connectivity index (χ3n) is 2.14. The maximum atomic E-state index is 13.6. The van der Waals surface area contributed by atoms with Gasteiger partial charge >= 0.3 is 5.97 Å². The molecule has 1 aromatic rings. The van der Waals surface area contributed by atoms with Gasteiger partial charge in [0.25, 0.3) is 0 Å². The number of halogens is 2. The topological polar surface area (TPSA) is 98.1 Å². The van der Waals surface area contributed by atoms with Gasteiger partial charge in [0.1, 0.15) is 11.9 Å². The van der Waals surface area contributed by atoms with Crippen molar-refractivity contribution in [2.75, 3.05) is 13.1 Å². The van der Waals surface area contributed by atoms with Crippen molar-refractivity contribution >= 4 is 21.9 Å². The molecule has 0 spiro atoms. The average Bonchev–Trinajstić information content (AvgIpc) is 2.30. The van der Waals surface area contributed by atoms with E-state index in [1.807, 2.05) is 0 Å². The Labute approximate surface area is 111 Å². The molecular formula is C10H10BrFN4O2. The van der Waals surface area contributed by atoms with E-state index >= 15 is 0 Å². The Balaban J connectivity index is 2.84. The van der Waals surface area contributed by atoms with Gasteiger partial charge in [-0.25, -0.2) is 4.39 Å². The van der Waals surface area contributed by atoms with Crippen LogP contribution in [0.5, 0.6) is 0 Å². The van der Waals surface area contributed by atoms with Crippen molar-refractivity contribution in [1.29, 1.82) is 0 Å². The normalized spacial score (nSPS) is 11.7. The quantitative estimate of drug-likeness (QED) is 0.365. The fourth-order valence-corrected chi connectivity index (χ4v) is 1.70. The molecule has 0 aliphatic heterocycles. The maximum Gasteiger partial charge on any atom is 0.325 e. The van der Waals surface area contributed by atoms with Crippen molar-refractivity contribution in [3.8, 4) is 0 Å². The van der Waals surface area contributed by atoms with E-state index in [4.69, 9.17) is 10.6 Å². The zero-order chi connectivity index (χ0) is 13.5. The predicted molar refractivity (Wildman–Crippen MR) is 66.5 cm³/mol. The summed E-state index contributed by atoms with van der Waals surface area (Å²) in [6, 6.07) is 2.97. The molecule has 1 atom stereocenters.